The van der Waals surface area contributed by atoms with Gasteiger partial charge in [-0.3, -0.25) is 9.80 Å². The van der Waals surface area contributed by atoms with Gasteiger partial charge in [0.05, 0.1) is 18.9 Å². The molecule has 11 heteroatoms. The van der Waals surface area contributed by atoms with E-state index in [1.54, 1.807) is 0 Å². The quantitative estimate of drug-likeness (QED) is 0.622. The Morgan fingerprint density at radius 2 is 1.62 bits per heavy atom. The number of ether oxygens (including phenoxy) is 2. The molecule has 1 aromatic heterocycles. The molecule has 2 aliphatic heterocycles. The molecule has 0 saturated carbocycles. The van der Waals surface area contributed by atoms with E-state index >= 15 is 0 Å². The molecule has 0 N–H and O–H groups in total. The number of aromatic nitrogens is 2. The minimum atomic E-state index is -4.97. The molecule has 1 aromatic carbocycles. The van der Waals surface area contributed by atoms with E-state index in [1.807, 2.05) is 13.0 Å². The Hall–Kier alpha value is -2.37. The van der Waals surface area contributed by atoms with Crippen molar-refractivity contribution in [2.45, 2.75) is 13.3 Å². The molecule has 7 nitrogen and oxygen atoms in total. The average molecular weight is 457 g/mol. The van der Waals surface area contributed by atoms with Crippen molar-refractivity contribution in [3.05, 3.63) is 35.8 Å². The summed E-state index contributed by atoms with van der Waals surface area (Å²) in [6, 6.07) is 5.23. The topological polar surface area (TPSA) is 46.0 Å². The normalized spacial score (nSPS) is 18.8. The molecule has 3 heterocycles. The Kier molecular flexibility index (Phi) is 6.87. The molecular formula is C21H27F4N5O2. The number of anilines is 1. The van der Waals surface area contributed by atoms with Gasteiger partial charge in [0.2, 0.25) is 0 Å². The van der Waals surface area contributed by atoms with Crippen LogP contribution in [0.2, 0.25) is 0 Å². The van der Waals surface area contributed by atoms with Gasteiger partial charge >= 0.3 is 6.36 Å². The maximum absolute atomic E-state index is 13.8. The lowest BCUT2D eigenvalue weighted by Gasteiger charge is -2.36. The van der Waals surface area contributed by atoms with Gasteiger partial charge in [0.1, 0.15) is 0 Å². The molecular weight excluding hydrogens is 430 g/mol. The average Bonchev–Trinajstić information content (AvgIpc) is 3.15. The first kappa shape index (κ1) is 22.8. The zero-order valence-electron chi connectivity index (χ0n) is 17.9. The minimum absolute atomic E-state index is 0.304. The van der Waals surface area contributed by atoms with Gasteiger partial charge in [-0.15, -0.1) is 13.2 Å². The number of hydrogen-bond acceptors (Lipinski definition) is 6. The van der Waals surface area contributed by atoms with Crippen LogP contribution in [0.25, 0.3) is 5.69 Å². The van der Waals surface area contributed by atoms with Crippen LogP contribution in [0.4, 0.5) is 23.4 Å². The van der Waals surface area contributed by atoms with E-state index in [2.05, 4.69) is 24.5 Å². The van der Waals surface area contributed by atoms with Crippen LogP contribution in [0, 0.1) is 12.7 Å². The van der Waals surface area contributed by atoms with Crippen LogP contribution in [0.3, 0.4) is 0 Å². The van der Waals surface area contributed by atoms with Crippen molar-refractivity contribution in [1.29, 1.82) is 0 Å². The Bertz CT molecular complexity index is 906. The van der Waals surface area contributed by atoms with Gasteiger partial charge < -0.3 is 14.4 Å². The van der Waals surface area contributed by atoms with Gasteiger partial charge in [-0.2, -0.15) is 5.10 Å². The van der Waals surface area contributed by atoms with Crippen molar-refractivity contribution in [2.75, 3.05) is 70.5 Å². The second-order valence-corrected chi connectivity index (χ2v) is 8.00. The van der Waals surface area contributed by atoms with E-state index in [4.69, 9.17) is 4.74 Å². The van der Waals surface area contributed by atoms with E-state index in [0.717, 1.165) is 89.2 Å². The predicted octanol–water partition coefficient (Wildman–Crippen LogP) is 2.67. The molecule has 0 spiro atoms. The zero-order chi connectivity index (χ0) is 22.7. The molecule has 4 rings (SSSR count). The fourth-order valence-corrected chi connectivity index (χ4v) is 4.01. The van der Waals surface area contributed by atoms with Gasteiger partial charge in [0.25, 0.3) is 0 Å². The van der Waals surface area contributed by atoms with Crippen LogP contribution in [0.15, 0.2) is 24.3 Å². The molecule has 32 heavy (non-hydrogen) atoms. The summed E-state index contributed by atoms with van der Waals surface area (Å²) in [4.78, 5) is 7.00. The molecule has 0 atom stereocenters. The zero-order valence-corrected chi connectivity index (χ0v) is 17.9. The summed E-state index contributed by atoms with van der Waals surface area (Å²) >= 11 is 0. The lowest BCUT2D eigenvalue weighted by Crippen LogP contribution is -2.49. The fourth-order valence-electron chi connectivity index (χ4n) is 4.01. The maximum atomic E-state index is 13.8. The first-order valence-electron chi connectivity index (χ1n) is 10.7. The molecule has 2 aliphatic rings. The molecule has 0 radical (unpaired) electrons. The Labute approximate surface area is 184 Å². The third-order valence-electron chi connectivity index (χ3n) is 5.79. The van der Waals surface area contributed by atoms with Gasteiger partial charge in [-0.1, -0.05) is 0 Å². The number of morpholine rings is 1. The van der Waals surface area contributed by atoms with Gasteiger partial charge in [-0.25, -0.2) is 9.07 Å². The lowest BCUT2D eigenvalue weighted by atomic mass is 10.3. The highest BCUT2D eigenvalue weighted by Crippen LogP contribution is 2.29. The number of rotatable bonds is 6. The Morgan fingerprint density at radius 3 is 2.28 bits per heavy atom. The monoisotopic (exact) mass is 457 g/mol. The lowest BCUT2D eigenvalue weighted by molar-refractivity contribution is -0.275. The predicted molar refractivity (Wildman–Crippen MR) is 111 cm³/mol. The maximum Gasteiger partial charge on any atom is 0.573 e. The van der Waals surface area contributed by atoms with Crippen LogP contribution < -0.4 is 9.64 Å². The van der Waals surface area contributed by atoms with Crippen molar-refractivity contribution < 1.29 is 27.0 Å². The van der Waals surface area contributed by atoms with E-state index in [0.29, 0.717) is 5.69 Å². The highest BCUT2D eigenvalue weighted by atomic mass is 19.4. The number of hydrogen-bond donors (Lipinski definition) is 0. The van der Waals surface area contributed by atoms with E-state index < -0.39 is 17.9 Å². The third kappa shape index (κ3) is 5.70. The molecule has 0 bridgehead atoms. The Balaban J connectivity index is 1.37. The van der Waals surface area contributed by atoms with Crippen LogP contribution >= 0.6 is 0 Å². The molecule has 176 valence electrons. The van der Waals surface area contributed by atoms with Crippen molar-refractivity contribution in [2.24, 2.45) is 0 Å². The SMILES string of the molecule is Cc1cc(N2CCN(CCN3CCOCC3)CC2)nn1-c1ccc(F)c(OC(F)(F)F)c1. The van der Waals surface area contributed by atoms with Crippen LogP contribution in [-0.4, -0.2) is 91.5 Å². The minimum Gasteiger partial charge on any atom is -0.403 e. The third-order valence-corrected chi connectivity index (χ3v) is 5.79. The summed E-state index contributed by atoms with van der Waals surface area (Å²) in [7, 11) is 0. The van der Waals surface area contributed by atoms with Crippen molar-refractivity contribution in [3.63, 3.8) is 0 Å². The van der Waals surface area contributed by atoms with Crippen LogP contribution in [-0.2, 0) is 4.74 Å². The molecule has 2 aromatic rings. The number of nitrogens with zero attached hydrogens (tertiary/aromatic N) is 5. The molecule has 2 fully saturated rings. The molecule has 0 unspecified atom stereocenters. The van der Waals surface area contributed by atoms with Crippen LogP contribution in [0.5, 0.6) is 5.75 Å². The first-order valence-corrected chi connectivity index (χ1v) is 10.7. The largest absolute Gasteiger partial charge is 0.573 e. The summed E-state index contributed by atoms with van der Waals surface area (Å²) in [5.74, 6) is -1.21. The van der Waals surface area contributed by atoms with E-state index in [9.17, 15) is 17.6 Å². The smallest absolute Gasteiger partial charge is 0.403 e. The van der Waals surface area contributed by atoms with Crippen molar-refractivity contribution >= 4 is 5.82 Å². The molecule has 0 aliphatic carbocycles. The van der Waals surface area contributed by atoms with Gasteiger partial charge in [-0.05, 0) is 19.1 Å². The number of aryl methyl sites for hydroxylation is 1. The highest BCUT2D eigenvalue weighted by Gasteiger charge is 2.32. The molecule has 0 amide bonds. The van der Waals surface area contributed by atoms with Gasteiger partial charge in [0, 0.05) is 70.2 Å². The van der Waals surface area contributed by atoms with E-state index in [-0.39, 0.29) is 0 Å². The number of alkyl halides is 3. The summed E-state index contributed by atoms with van der Waals surface area (Å²) in [6.07, 6.45) is -4.97. The summed E-state index contributed by atoms with van der Waals surface area (Å²) in [6.45, 7) is 10.9. The summed E-state index contributed by atoms with van der Waals surface area (Å²) in [5.41, 5.74) is 1.04. The summed E-state index contributed by atoms with van der Waals surface area (Å²) < 4.78 is 62.1. The van der Waals surface area contributed by atoms with Gasteiger partial charge in [0.15, 0.2) is 17.4 Å². The van der Waals surface area contributed by atoms with Crippen LogP contribution in [0.1, 0.15) is 5.69 Å². The standard InChI is InChI=1S/C21H27F4N5O2/c1-16-14-20(26-30(16)17-2-3-18(22)19(15-17)32-21(23,24)25)29-8-6-27(7-9-29)4-5-28-10-12-31-13-11-28/h2-3,14-15H,4-13H2,1H3. The number of halogens is 4. The van der Waals surface area contributed by atoms with Crippen molar-refractivity contribution in [3.8, 4) is 11.4 Å². The number of piperazine rings is 1. The second kappa shape index (κ2) is 9.63. The van der Waals surface area contributed by atoms with Crippen molar-refractivity contribution in [1.82, 2.24) is 19.6 Å². The fraction of sp³-hybridized carbons (Fsp3) is 0.571. The highest BCUT2D eigenvalue weighted by molar-refractivity contribution is 5.46. The Morgan fingerprint density at radius 1 is 0.969 bits per heavy atom. The second-order valence-electron chi connectivity index (χ2n) is 8.00. The molecule has 2 saturated heterocycles. The van der Waals surface area contributed by atoms with E-state index in [1.165, 1.54) is 10.7 Å². The first-order chi connectivity index (χ1) is 15.3. The number of benzene rings is 1. The summed E-state index contributed by atoms with van der Waals surface area (Å²) in [5, 5.41) is 4.56.